The largest absolute Gasteiger partial charge is 0.484 e. The molecule has 1 heterocycles. The van der Waals surface area contributed by atoms with Crippen LogP contribution in [-0.4, -0.2) is 61.8 Å². The second-order valence-electron chi connectivity index (χ2n) is 7.19. The SMILES string of the molecule is Cc1ccc(OCC(=O)N/N=C/c2cc([N+](=O)[O-])ccc2N2CCN(C)CC2)cc1. The first kappa shape index (κ1) is 21.3. The molecule has 0 bridgehead atoms. The summed E-state index contributed by atoms with van der Waals surface area (Å²) in [5.41, 5.74) is 4.91. The molecule has 0 aromatic heterocycles. The molecule has 0 radical (unpaired) electrons. The second-order valence-corrected chi connectivity index (χ2v) is 7.19. The lowest BCUT2D eigenvalue weighted by atomic mass is 10.1. The van der Waals surface area contributed by atoms with E-state index in [2.05, 4.69) is 27.4 Å². The van der Waals surface area contributed by atoms with E-state index in [-0.39, 0.29) is 12.3 Å². The van der Waals surface area contributed by atoms with Crippen molar-refractivity contribution in [2.45, 2.75) is 6.92 Å². The molecule has 1 saturated heterocycles. The molecule has 0 spiro atoms. The zero-order valence-electron chi connectivity index (χ0n) is 17.1. The fourth-order valence-corrected chi connectivity index (χ4v) is 3.08. The van der Waals surface area contributed by atoms with Gasteiger partial charge in [-0.15, -0.1) is 0 Å². The molecule has 1 aliphatic rings. The minimum Gasteiger partial charge on any atom is -0.484 e. The van der Waals surface area contributed by atoms with E-state index in [0.717, 1.165) is 37.4 Å². The van der Waals surface area contributed by atoms with Crippen molar-refractivity contribution in [1.82, 2.24) is 10.3 Å². The van der Waals surface area contributed by atoms with E-state index in [4.69, 9.17) is 4.74 Å². The maximum absolute atomic E-state index is 12.0. The van der Waals surface area contributed by atoms with Gasteiger partial charge in [0, 0.05) is 49.6 Å². The van der Waals surface area contributed by atoms with Gasteiger partial charge in [0.25, 0.3) is 11.6 Å². The Balaban J connectivity index is 1.65. The molecule has 0 unspecified atom stereocenters. The topological polar surface area (TPSA) is 100 Å². The highest BCUT2D eigenvalue weighted by Crippen LogP contribution is 2.25. The highest BCUT2D eigenvalue weighted by molar-refractivity contribution is 5.90. The van der Waals surface area contributed by atoms with Gasteiger partial charge in [-0.05, 0) is 32.2 Å². The first-order valence-electron chi connectivity index (χ1n) is 9.65. The van der Waals surface area contributed by atoms with Crippen LogP contribution in [0.25, 0.3) is 0 Å². The number of hydrogen-bond donors (Lipinski definition) is 1. The average molecular weight is 411 g/mol. The predicted molar refractivity (Wildman–Crippen MR) is 115 cm³/mol. The molecule has 30 heavy (non-hydrogen) atoms. The predicted octanol–water partition coefficient (Wildman–Crippen LogP) is 2.18. The van der Waals surface area contributed by atoms with Crippen molar-refractivity contribution in [3.63, 3.8) is 0 Å². The van der Waals surface area contributed by atoms with Crippen molar-refractivity contribution < 1.29 is 14.5 Å². The van der Waals surface area contributed by atoms with Crippen molar-refractivity contribution in [3.8, 4) is 5.75 Å². The Kier molecular flexibility index (Phi) is 6.97. The number of anilines is 1. The number of rotatable bonds is 7. The Morgan fingerprint density at radius 1 is 1.20 bits per heavy atom. The Morgan fingerprint density at radius 2 is 1.90 bits per heavy atom. The van der Waals surface area contributed by atoms with Crippen LogP contribution in [0.1, 0.15) is 11.1 Å². The molecule has 0 atom stereocenters. The molecule has 0 saturated carbocycles. The summed E-state index contributed by atoms with van der Waals surface area (Å²) in [7, 11) is 2.06. The van der Waals surface area contributed by atoms with Crippen LogP contribution in [0.3, 0.4) is 0 Å². The minimum absolute atomic E-state index is 0.0247. The summed E-state index contributed by atoms with van der Waals surface area (Å²) < 4.78 is 5.42. The fourth-order valence-electron chi connectivity index (χ4n) is 3.08. The van der Waals surface area contributed by atoms with Gasteiger partial charge in [0.15, 0.2) is 6.61 Å². The first-order chi connectivity index (χ1) is 14.4. The lowest BCUT2D eigenvalue weighted by Gasteiger charge is -2.34. The molecule has 1 N–H and O–H groups in total. The van der Waals surface area contributed by atoms with Crippen LogP contribution in [0, 0.1) is 17.0 Å². The number of ether oxygens (including phenoxy) is 1. The van der Waals surface area contributed by atoms with Crippen LogP contribution in [0.5, 0.6) is 5.75 Å². The summed E-state index contributed by atoms with van der Waals surface area (Å²) in [6.07, 6.45) is 1.43. The fraction of sp³-hybridized carbons (Fsp3) is 0.333. The smallest absolute Gasteiger partial charge is 0.277 e. The Morgan fingerprint density at radius 3 is 2.57 bits per heavy atom. The summed E-state index contributed by atoms with van der Waals surface area (Å²) in [5.74, 6) is 0.175. The van der Waals surface area contributed by atoms with E-state index in [1.807, 2.05) is 19.1 Å². The molecule has 0 aliphatic carbocycles. The molecule has 9 heteroatoms. The molecule has 3 rings (SSSR count). The van der Waals surface area contributed by atoms with Crippen molar-refractivity contribution in [3.05, 3.63) is 63.7 Å². The third-order valence-corrected chi connectivity index (χ3v) is 4.85. The van der Waals surface area contributed by atoms with Crippen LogP contribution in [0.15, 0.2) is 47.6 Å². The average Bonchev–Trinajstić information content (AvgIpc) is 2.74. The lowest BCUT2D eigenvalue weighted by Crippen LogP contribution is -2.44. The van der Waals surface area contributed by atoms with Crippen molar-refractivity contribution >= 4 is 23.5 Å². The van der Waals surface area contributed by atoms with Crippen LogP contribution >= 0.6 is 0 Å². The number of piperazine rings is 1. The van der Waals surface area contributed by atoms with Gasteiger partial charge in [0.1, 0.15) is 5.75 Å². The first-order valence-corrected chi connectivity index (χ1v) is 9.65. The normalized spacial score (nSPS) is 14.7. The number of hydrogen-bond acceptors (Lipinski definition) is 7. The molecular weight excluding hydrogens is 386 g/mol. The Labute approximate surface area is 175 Å². The summed E-state index contributed by atoms with van der Waals surface area (Å²) in [6.45, 7) is 5.22. The van der Waals surface area contributed by atoms with E-state index >= 15 is 0 Å². The van der Waals surface area contributed by atoms with Gasteiger partial charge < -0.3 is 14.5 Å². The zero-order valence-corrected chi connectivity index (χ0v) is 17.1. The number of nitrogens with one attached hydrogen (secondary N) is 1. The van der Waals surface area contributed by atoms with Gasteiger partial charge in [-0.2, -0.15) is 5.10 Å². The molecule has 158 valence electrons. The summed E-state index contributed by atoms with van der Waals surface area (Å²) in [6, 6.07) is 12.0. The number of benzene rings is 2. The number of nitrogens with zero attached hydrogens (tertiary/aromatic N) is 4. The van der Waals surface area contributed by atoms with E-state index in [1.54, 1.807) is 18.2 Å². The lowest BCUT2D eigenvalue weighted by molar-refractivity contribution is -0.384. The highest BCUT2D eigenvalue weighted by atomic mass is 16.6. The third-order valence-electron chi connectivity index (χ3n) is 4.85. The van der Waals surface area contributed by atoms with Crippen LogP contribution in [0.4, 0.5) is 11.4 Å². The number of amides is 1. The minimum atomic E-state index is -0.445. The van der Waals surface area contributed by atoms with Crippen molar-refractivity contribution in [1.29, 1.82) is 0 Å². The summed E-state index contributed by atoms with van der Waals surface area (Å²) in [4.78, 5) is 27.1. The molecule has 2 aromatic rings. The second kappa shape index (κ2) is 9.84. The number of non-ortho nitro benzene ring substituents is 1. The maximum atomic E-state index is 12.0. The third kappa shape index (κ3) is 5.77. The van der Waals surface area contributed by atoms with Crippen LogP contribution in [0.2, 0.25) is 0 Å². The summed E-state index contributed by atoms with van der Waals surface area (Å²) in [5, 5.41) is 15.1. The number of nitro benzene ring substituents is 1. The number of nitro groups is 1. The van der Waals surface area contributed by atoms with Gasteiger partial charge >= 0.3 is 0 Å². The molecular formula is C21H25N5O4. The molecule has 1 aliphatic heterocycles. The molecule has 2 aromatic carbocycles. The molecule has 1 amide bonds. The number of likely N-dealkylation sites (N-methyl/N-ethyl adjacent to an activating group) is 1. The van der Waals surface area contributed by atoms with E-state index in [9.17, 15) is 14.9 Å². The summed E-state index contributed by atoms with van der Waals surface area (Å²) >= 11 is 0. The van der Waals surface area contributed by atoms with Gasteiger partial charge in [0.05, 0.1) is 11.1 Å². The Bertz CT molecular complexity index is 921. The van der Waals surface area contributed by atoms with Gasteiger partial charge in [-0.25, -0.2) is 5.43 Å². The van der Waals surface area contributed by atoms with Crippen molar-refractivity contribution in [2.75, 3.05) is 44.7 Å². The quantitative estimate of drug-likeness (QED) is 0.426. The molecule has 1 fully saturated rings. The number of carbonyl (C=O) groups excluding carboxylic acids is 1. The van der Waals surface area contributed by atoms with Gasteiger partial charge in [-0.1, -0.05) is 17.7 Å². The number of carbonyl (C=O) groups is 1. The Hall–Kier alpha value is -3.46. The van der Waals surface area contributed by atoms with Gasteiger partial charge in [-0.3, -0.25) is 14.9 Å². The van der Waals surface area contributed by atoms with Gasteiger partial charge in [0.2, 0.25) is 0 Å². The van der Waals surface area contributed by atoms with Crippen LogP contribution in [-0.2, 0) is 4.79 Å². The number of aryl methyl sites for hydroxylation is 1. The molecule has 9 nitrogen and oxygen atoms in total. The standard InChI is InChI=1S/C21H25N5O4/c1-16-3-6-19(7-4-16)30-15-21(27)23-22-14-17-13-18(26(28)29)5-8-20(17)25-11-9-24(2)10-12-25/h3-8,13-14H,9-12,15H2,1-2H3,(H,23,27)/b22-14+. The van der Waals surface area contributed by atoms with Crippen LogP contribution < -0.4 is 15.1 Å². The number of hydrazone groups is 1. The maximum Gasteiger partial charge on any atom is 0.277 e. The van der Waals surface area contributed by atoms with E-state index in [1.165, 1.54) is 18.3 Å². The monoisotopic (exact) mass is 411 g/mol. The van der Waals surface area contributed by atoms with E-state index in [0.29, 0.717) is 11.3 Å². The highest BCUT2D eigenvalue weighted by Gasteiger charge is 2.18. The van der Waals surface area contributed by atoms with E-state index < -0.39 is 10.8 Å². The zero-order chi connectivity index (χ0) is 21.5. The van der Waals surface area contributed by atoms with Crippen molar-refractivity contribution in [2.24, 2.45) is 5.10 Å².